The van der Waals surface area contributed by atoms with E-state index in [1.165, 1.54) is 27.4 Å². The van der Waals surface area contributed by atoms with Crippen LogP contribution in [0, 0.1) is 6.92 Å². The number of hydrogen-bond acceptors (Lipinski definition) is 10. The van der Waals surface area contributed by atoms with Crippen molar-refractivity contribution < 1.29 is 28.5 Å². The molecule has 0 aliphatic carbocycles. The Morgan fingerprint density at radius 3 is 2.41 bits per heavy atom. The first-order chi connectivity index (χ1) is 18.8. The summed E-state index contributed by atoms with van der Waals surface area (Å²) >= 11 is 0. The van der Waals surface area contributed by atoms with Crippen molar-refractivity contribution in [3.8, 4) is 23.0 Å². The van der Waals surface area contributed by atoms with Crippen LogP contribution in [0.1, 0.15) is 40.6 Å². The summed E-state index contributed by atoms with van der Waals surface area (Å²) in [4.78, 5) is 26.2. The molecule has 204 valence electrons. The highest BCUT2D eigenvalue weighted by molar-refractivity contribution is 5.91. The molecule has 12 heteroatoms. The lowest BCUT2D eigenvalue weighted by atomic mass is 9.87. The molecular weight excluding hydrogens is 506 g/mol. The maximum absolute atomic E-state index is 13.3. The summed E-state index contributed by atoms with van der Waals surface area (Å²) in [5.74, 6) is 0.207. The van der Waals surface area contributed by atoms with Gasteiger partial charge in [-0.15, -0.1) is 10.2 Å². The van der Waals surface area contributed by atoms with Crippen LogP contribution in [0.15, 0.2) is 51.7 Å². The maximum Gasteiger partial charge on any atom is 0.343 e. The number of ether oxygens (including phenoxy) is 3. The summed E-state index contributed by atoms with van der Waals surface area (Å²) in [5.41, 5.74) is 1.22. The van der Waals surface area contributed by atoms with E-state index in [9.17, 15) is 14.7 Å². The van der Waals surface area contributed by atoms with Gasteiger partial charge in [0.05, 0.1) is 26.9 Å². The Balaban J connectivity index is 1.62. The van der Waals surface area contributed by atoms with Gasteiger partial charge >= 0.3 is 5.63 Å². The minimum atomic E-state index is -0.925. The summed E-state index contributed by atoms with van der Waals surface area (Å²) in [7, 11) is 4.38. The Bertz CT molecular complexity index is 1480. The number of methoxy groups -OCH3 is 3. The number of benzene rings is 2. The number of carbonyl (C=O) groups excluding carboxylic acids is 1. The van der Waals surface area contributed by atoms with Gasteiger partial charge in [0.2, 0.25) is 11.7 Å². The van der Waals surface area contributed by atoms with Crippen molar-refractivity contribution >= 4 is 11.6 Å². The summed E-state index contributed by atoms with van der Waals surface area (Å²) in [6, 6.07) is 12.0. The molecule has 4 rings (SSSR count). The van der Waals surface area contributed by atoms with E-state index in [1.54, 1.807) is 31.2 Å². The number of hydrogen-bond donors (Lipinski definition) is 3. The number of aryl methyl sites for hydroxylation is 3. The van der Waals surface area contributed by atoms with Crippen molar-refractivity contribution in [3.63, 3.8) is 0 Å². The number of aromatic nitrogens is 4. The molecule has 0 radical (unpaired) electrons. The van der Waals surface area contributed by atoms with Crippen LogP contribution in [0.2, 0.25) is 0 Å². The van der Waals surface area contributed by atoms with Crippen LogP contribution in [0.25, 0.3) is 0 Å². The average molecular weight is 536 g/mol. The third kappa shape index (κ3) is 6.17. The molecule has 0 saturated carbocycles. The van der Waals surface area contributed by atoms with Crippen LogP contribution in [0.3, 0.4) is 0 Å². The predicted octanol–water partition coefficient (Wildman–Crippen LogP) is 3.14. The van der Waals surface area contributed by atoms with Gasteiger partial charge in [-0.25, -0.2) is 4.79 Å². The molecule has 1 amide bonds. The molecular formula is C27H29N5O7. The molecule has 0 unspecified atom stereocenters. The molecule has 0 aliphatic heterocycles. The molecule has 39 heavy (non-hydrogen) atoms. The normalized spacial score (nSPS) is 11.6. The second-order valence-electron chi connectivity index (χ2n) is 8.70. The van der Waals surface area contributed by atoms with Gasteiger partial charge in [-0.1, -0.05) is 23.4 Å². The standard InChI is InChI=1S/C27H29N5O7/c1-15-13-20(33)24(27(35)39-15)19(18-10-11-21(36-2)26(38-4)25(18)37-3)14-23(34)28-17-8-5-16(6-9-17)7-12-22-29-31-32-30-22/h5-6,8-11,13,19,33H,7,12,14H2,1-4H3,(H,28,34)(H,29,30,31,32)/t19-/m1/s1. The molecule has 2 aromatic heterocycles. The fourth-order valence-corrected chi connectivity index (χ4v) is 4.39. The number of H-pyrrole nitrogens is 1. The third-order valence-corrected chi connectivity index (χ3v) is 6.20. The summed E-state index contributed by atoms with van der Waals surface area (Å²) in [6.45, 7) is 1.55. The molecule has 0 aliphatic rings. The second-order valence-corrected chi connectivity index (χ2v) is 8.70. The van der Waals surface area contributed by atoms with Gasteiger partial charge in [0.15, 0.2) is 17.3 Å². The number of tetrazole rings is 1. The largest absolute Gasteiger partial charge is 0.507 e. The van der Waals surface area contributed by atoms with E-state index in [0.29, 0.717) is 35.7 Å². The molecule has 2 aromatic carbocycles. The van der Waals surface area contributed by atoms with Crippen LogP contribution in [-0.4, -0.2) is 53.0 Å². The summed E-state index contributed by atoms with van der Waals surface area (Å²) < 4.78 is 21.7. The van der Waals surface area contributed by atoms with E-state index < -0.39 is 17.5 Å². The van der Waals surface area contributed by atoms with Gasteiger partial charge in [-0.3, -0.25) is 4.79 Å². The van der Waals surface area contributed by atoms with E-state index in [2.05, 4.69) is 25.9 Å². The SMILES string of the molecule is COc1ccc([C@@H](CC(=O)Nc2ccc(CCc3nn[nH]n3)cc2)c2c(O)cc(C)oc2=O)c(OC)c1OC. The van der Waals surface area contributed by atoms with Gasteiger partial charge in [0, 0.05) is 36.1 Å². The van der Waals surface area contributed by atoms with Crippen molar-refractivity contribution in [1.82, 2.24) is 20.6 Å². The third-order valence-electron chi connectivity index (χ3n) is 6.20. The maximum atomic E-state index is 13.3. The van der Waals surface area contributed by atoms with E-state index in [1.807, 2.05) is 12.1 Å². The van der Waals surface area contributed by atoms with Gasteiger partial charge in [-0.05, 0) is 37.1 Å². The van der Waals surface area contributed by atoms with Gasteiger partial charge in [0.1, 0.15) is 11.5 Å². The lowest BCUT2D eigenvalue weighted by molar-refractivity contribution is -0.116. The fraction of sp³-hybridized carbons (Fsp3) is 0.296. The Hall–Kier alpha value is -4.87. The fourth-order valence-electron chi connectivity index (χ4n) is 4.39. The van der Waals surface area contributed by atoms with Crippen LogP contribution >= 0.6 is 0 Å². The first kappa shape index (κ1) is 27.2. The zero-order valence-corrected chi connectivity index (χ0v) is 22.0. The summed E-state index contributed by atoms with van der Waals surface area (Å²) in [5, 5.41) is 27.5. The minimum Gasteiger partial charge on any atom is -0.507 e. The van der Waals surface area contributed by atoms with E-state index in [4.69, 9.17) is 18.6 Å². The zero-order chi connectivity index (χ0) is 27.9. The van der Waals surface area contributed by atoms with E-state index in [0.717, 1.165) is 5.56 Å². The smallest absolute Gasteiger partial charge is 0.343 e. The number of anilines is 1. The van der Waals surface area contributed by atoms with Crippen LogP contribution in [-0.2, 0) is 17.6 Å². The van der Waals surface area contributed by atoms with Crippen LogP contribution < -0.4 is 25.2 Å². The quantitative estimate of drug-likeness (QED) is 0.260. The molecule has 0 saturated heterocycles. The number of carbonyl (C=O) groups is 1. The Morgan fingerprint density at radius 2 is 1.79 bits per heavy atom. The lowest BCUT2D eigenvalue weighted by Gasteiger charge is -2.22. The van der Waals surface area contributed by atoms with Crippen molar-refractivity contribution in [2.24, 2.45) is 0 Å². The lowest BCUT2D eigenvalue weighted by Crippen LogP contribution is -2.21. The number of rotatable bonds is 11. The van der Waals surface area contributed by atoms with Crippen molar-refractivity contribution in [2.45, 2.75) is 32.1 Å². The predicted molar refractivity (Wildman–Crippen MR) is 141 cm³/mol. The molecule has 3 N–H and O–H groups in total. The van der Waals surface area contributed by atoms with Gasteiger partial charge in [-0.2, -0.15) is 5.21 Å². The highest BCUT2D eigenvalue weighted by Gasteiger charge is 2.30. The molecule has 12 nitrogen and oxygen atoms in total. The van der Waals surface area contributed by atoms with Crippen molar-refractivity contribution in [2.75, 3.05) is 26.6 Å². The number of nitrogens with zero attached hydrogens (tertiary/aromatic N) is 3. The Labute approximate surface area is 223 Å². The minimum absolute atomic E-state index is 0.0712. The van der Waals surface area contributed by atoms with E-state index in [-0.39, 0.29) is 35.0 Å². The van der Waals surface area contributed by atoms with Crippen molar-refractivity contribution in [1.29, 1.82) is 0 Å². The molecule has 0 fully saturated rings. The highest BCUT2D eigenvalue weighted by atomic mass is 16.5. The second kappa shape index (κ2) is 12.1. The summed E-state index contributed by atoms with van der Waals surface area (Å²) in [6.07, 6.45) is 1.13. The highest BCUT2D eigenvalue weighted by Crippen LogP contribution is 2.46. The molecule has 4 aromatic rings. The van der Waals surface area contributed by atoms with Crippen LogP contribution in [0.4, 0.5) is 5.69 Å². The topological polar surface area (TPSA) is 162 Å². The van der Waals surface area contributed by atoms with Crippen LogP contribution in [0.5, 0.6) is 23.0 Å². The first-order valence-electron chi connectivity index (χ1n) is 12.1. The molecule has 1 atom stereocenters. The molecule has 0 spiro atoms. The van der Waals surface area contributed by atoms with Crippen molar-refractivity contribution in [3.05, 3.63) is 81.2 Å². The average Bonchev–Trinajstić information content (AvgIpc) is 3.44. The Kier molecular flexibility index (Phi) is 8.44. The number of aromatic amines is 1. The molecule has 2 heterocycles. The van der Waals surface area contributed by atoms with Gasteiger partial charge < -0.3 is 29.1 Å². The number of nitrogens with one attached hydrogen (secondary N) is 2. The zero-order valence-electron chi connectivity index (χ0n) is 22.0. The monoisotopic (exact) mass is 535 g/mol. The van der Waals surface area contributed by atoms with Gasteiger partial charge in [0.25, 0.3) is 0 Å². The van der Waals surface area contributed by atoms with E-state index >= 15 is 0 Å². The Morgan fingerprint density at radius 1 is 1.05 bits per heavy atom. The number of amides is 1. The molecule has 0 bridgehead atoms. The first-order valence-corrected chi connectivity index (χ1v) is 12.1. The number of aromatic hydroxyl groups is 1.